The molecule has 0 aliphatic heterocycles. The van der Waals surface area contributed by atoms with Gasteiger partial charge >= 0.3 is 0 Å². The first-order valence-electron chi connectivity index (χ1n) is 9.78. The first kappa shape index (κ1) is 17.5. The Balaban J connectivity index is 1.52. The Hall–Kier alpha value is -4.40. The highest BCUT2D eigenvalue weighted by Crippen LogP contribution is 2.30. The molecule has 9 nitrogen and oxygen atoms in total. The average molecular weight is 407 g/mol. The number of rotatable bonds is 3. The van der Waals surface area contributed by atoms with Crippen molar-refractivity contribution in [1.82, 2.24) is 44.7 Å². The zero-order valence-corrected chi connectivity index (χ0v) is 16.8. The van der Waals surface area contributed by atoms with Gasteiger partial charge in [-0.3, -0.25) is 14.6 Å². The Bertz CT molecular complexity index is 1570. The SMILES string of the molecule is Cc1cn(-c2nccc3[nH]c(-c4[nH]nc5ncc(-c6cnccc6C)cc45)nc23)cn1. The summed E-state index contributed by atoms with van der Waals surface area (Å²) in [6, 6.07) is 5.96. The lowest BCUT2D eigenvalue weighted by Gasteiger charge is -2.04. The molecule has 0 unspecified atom stereocenters. The maximum absolute atomic E-state index is 4.83. The van der Waals surface area contributed by atoms with Crippen molar-refractivity contribution in [3.63, 3.8) is 0 Å². The number of nitrogens with one attached hydrogen (secondary N) is 2. The van der Waals surface area contributed by atoms with Crippen LogP contribution in [0.2, 0.25) is 0 Å². The van der Waals surface area contributed by atoms with Crippen LogP contribution in [0.4, 0.5) is 0 Å². The van der Waals surface area contributed by atoms with Gasteiger partial charge < -0.3 is 4.98 Å². The van der Waals surface area contributed by atoms with Crippen LogP contribution in [-0.4, -0.2) is 44.7 Å². The predicted molar refractivity (Wildman–Crippen MR) is 117 cm³/mol. The second-order valence-electron chi connectivity index (χ2n) is 7.42. The minimum Gasteiger partial charge on any atom is -0.336 e. The summed E-state index contributed by atoms with van der Waals surface area (Å²) in [4.78, 5) is 25.8. The number of hydrogen-bond donors (Lipinski definition) is 2. The van der Waals surface area contributed by atoms with E-state index in [0.717, 1.165) is 44.5 Å². The van der Waals surface area contributed by atoms with Gasteiger partial charge in [-0.1, -0.05) is 0 Å². The summed E-state index contributed by atoms with van der Waals surface area (Å²) in [5.74, 6) is 1.39. The smallest absolute Gasteiger partial charge is 0.181 e. The normalized spacial score (nSPS) is 11.5. The summed E-state index contributed by atoms with van der Waals surface area (Å²) in [7, 11) is 0. The number of aromatic nitrogens is 9. The van der Waals surface area contributed by atoms with Gasteiger partial charge in [-0.2, -0.15) is 5.10 Å². The first-order valence-corrected chi connectivity index (χ1v) is 9.78. The summed E-state index contributed by atoms with van der Waals surface area (Å²) < 4.78 is 1.87. The largest absolute Gasteiger partial charge is 0.336 e. The van der Waals surface area contributed by atoms with Gasteiger partial charge in [0.15, 0.2) is 17.3 Å². The number of aryl methyl sites for hydroxylation is 2. The van der Waals surface area contributed by atoms with Crippen LogP contribution in [0.25, 0.3) is 50.5 Å². The Labute approximate surface area is 176 Å². The summed E-state index contributed by atoms with van der Waals surface area (Å²) in [6.45, 7) is 4.00. The van der Waals surface area contributed by atoms with Gasteiger partial charge in [0.1, 0.15) is 17.5 Å². The van der Waals surface area contributed by atoms with E-state index in [0.29, 0.717) is 17.3 Å². The van der Waals surface area contributed by atoms with E-state index >= 15 is 0 Å². The van der Waals surface area contributed by atoms with E-state index in [1.54, 1.807) is 18.7 Å². The van der Waals surface area contributed by atoms with Crippen molar-refractivity contribution in [3.05, 3.63) is 66.8 Å². The number of aromatic amines is 2. The summed E-state index contributed by atoms with van der Waals surface area (Å²) in [6.07, 6.45) is 10.9. The van der Waals surface area contributed by atoms with Gasteiger partial charge in [0, 0.05) is 42.1 Å². The van der Waals surface area contributed by atoms with Crippen LogP contribution in [0, 0.1) is 13.8 Å². The van der Waals surface area contributed by atoms with Gasteiger partial charge in [0.25, 0.3) is 0 Å². The monoisotopic (exact) mass is 407 g/mol. The zero-order valence-electron chi connectivity index (χ0n) is 16.8. The van der Waals surface area contributed by atoms with Crippen molar-refractivity contribution in [3.8, 4) is 28.5 Å². The number of H-pyrrole nitrogens is 2. The Morgan fingerprint density at radius 3 is 2.77 bits per heavy atom. The zero-order chi connectivity index (χ0) is 20.9. The van der Waals surface area contributed by atoms with E-state index in [9.17, 15) is 0 Å². The third-order valence-corrected chi connectivity index (χ3v) is 5.33. The van der Waals surface area contributed by atoms with Crippen molar-refractivity contribution < 1.29 is 0 Å². The van der Waals surface area contributed by atoms with Gasteiger partial charge in [0.05, 0.1) is 16.6 Å². The molecule has 6 aromatic rings. The molecular weight excluding hydrogens is 390 g/mol. The molecule has 6 rings (SSSR count). The van der Waals surface area contributed by atoms with E-state index < -0.39 is 0 Å². The van der Waals surface area contributed by atoms with Crippen LogP contribution in [0.15, 0.2) is 55.5 Å². The van der Waals surface area contributed by atoms with Crippen LogP contribution in [0.3, 0.4) is 0 Å². The molecular formula is C22H17N9. The molecule has 31 heavy (non-hydrogen) atoms. The van der Waals surface area contributed by atoms with E-state index in [4.69, 9.17) is 4.98 Å². The number of hydrogen-bond acceptors (Lipinski definition) is 6. The number of fused-ring (bicyclic) bond motifs is 2. The number of imidazole rings is 2. The fourth-order valence-corrected chi connectivity index (χ4v) is 3.76. The van der Waals surface area contributed by atoms with Gasteiger partial charge in [-0.05, 0) is 37.6 Å². The lowest BCUT2D eigenvalue weighted by atomic mass is 10.0. The van der Waals surface area contributed by atoms with Crippen LogP contribution >= 0.6 is 0 Å². The molecule has 6 aromatic heterocycles. The van der Waals surface area contributed by atoms with Gasteiger partial charge in [0.2, 0.25) is 0 Å². The van der Waals surface area contributed by atoms with Crippen molar-refractivity contribution in [2.45, 2.75) is 13.8 Å². The van der Waals surface area contributed by atoms with E-state index in [-0.39, 0.29) is 0 Å². The molecule has 0 saturated carbocycles. The van der Waals surface area contributed by atoms with Crippen LogP contribution in [0.5, 0.6) is 0 Å². The second kappa shape index (κ2) is 6.56. The molecule has 9 heteroatoms. The molecule has 0 aromatic carbocycles. The molecule has 0 amide bonds. The molecule has 0 aliphatic carbocycles. The molecule has 0 spiro atoms. The fourth-order valence-electron chi connectivity index (χ4n) is 3.76. The summed E-state index contributed by atoms with van der Waals surface area (Å²) in [5, 5.41) is 8.33. The minimum absolute atomic E-state index is 0.629. The third kappa shape index (κ3) is 2.78. The van der Waals surface area contributed by atoms with Crippen molar-refractivity contribution in [2.24, 2.45) is 0 Å². The summed E-state index contributed by atoms with van der Waals surface area (Å²) in [5.41, 5.74) is 7.10. The summed E-state index contributed by atoms with van der Waals surface area (Å²) >= 11 is 0. The van der Waals surface area contributed by atoms with Crippen LogP contribution in [0.1, 0.15) is 11.3 Å². The highest BCUT2D eigenvalue weighted by atomic mass is 15.2. The quantitative estimate of drug-likeness (QED) is 0.462. The molecule has 0 radical (unpaired) electrons. The van der Waals surface area contributed by atoms with E-state index in [1.807, 2.05) is 42.2 Å². The Morgan fingerprint density at radius 1 is 1.00 bits per heavy atom. The lowest BCUT2D eigenvalue weighted by Crippen LogP contribution is -1.95. The maximum atomic E-state index is 4.83. The molecule has 0 bridgehead atoms. The van der Waals surface area contributed by atoms with Gasteiger partial charge in [-0.25, -0.2) is 19.9 Å². The second-order valence-corrected chi connectivity index (χ2v) is 7.42. The number of pyridine rings is 3. The molecule has 150 valence electrons. The highest BCUT2D eigenvalue weighted by molar-refractivity contribution is 5.94. The third-order valence-electron chi connectivity index (χ3n) is 5.33. The highest BCUT2D eigenvalue weighted by Gasteiger charge is 2.17. The topological polar surface area (TPSA) is 114 Å². The standard InChI is InChI=1S/C22H17N9/c1-12-3-5-23-9-16(12)14-7-15-18(29-30-20(15)25-8-14)21-27-17-4-6-24-22(19(17)28-21)31-10-13(2)26-11-31/h3-11H,1-2H3,(H,27,28)(H,25,29,30). The van der Waals surface area contributed by atoms with Crippen molar-refractivity contribution in [2.75, 3.05) is 0 Å². The van der Waals surface area contributed by atoms with E-state index in [2.05, 4.69) is 48.1 Å². The van der Waals surface area contributed by atoms with Crippen molar-refractivity contribution in [1.29, 1.82) is 0 Å². The fraction of sp³-hybridized carbons (Fsp3) is 0.0909. The predicted octanol–water partition coefficient (Wildman–Crippen LogP) is 3.76. The Kier molecular flexibility index (Phi) is 3.69. The minimum atomic E-state index is 0.629. The number of nitrogens with zero attached hydrogens (tertiary/aromatic N) is 7. The molecule has 6 heterocycles. The van der Waals surface area contributed by atoms with E-state index in [1.165, 1.54) is 0 Å². The van der Waals surface area contributed by atoms with Crippen molar-refractivity contribution >= 4 is 22.1 Å². The lowest BCUT2D eigenvalue weighted by molar-refractivity contribution is 1.00. The van der Waals surface area contributed by atoms with Gasteiger partial charge in [-0.15, -0.1) is 0 Å². The van der Waals surface area contributed by atoms with Crippen LogP contribution in [-0.2, 0) is 0 Å². The molecule has 0 aliphatic rings. The van der Waals surface area contributed by atoms with Crippen LogP contribution < -0.4 is 0 Å². The molecule has 0 fully saturated rings. The Morgan fingerprint density at radius 2 is 1.94 bits per heavy atom. The molecule has 2 N–H and O–H groups in total. The molecule has 0 saturated heterocycles. The first-order chi connectivity index (χ1) is 15.2. The molecule has 0 atom stereocenters. The maximum Gasteiger partial charge on any atom is 0.181 e. The average Bonchev–Trinajstić information content (AvgIpc) is 3.50.